The Morgan fingerprint density at radius 2 is 1.89 bits per heavy atom. The van der Waals surface area contributed by atoms with Gasteiger partial charge in [0.05, 0.1) is 5.69 Å². The van der Waals surface area contributed by atoms with Crippen LogP contribution < -0.4 is 15.4 Å². The minimum atomic E-state index is -1.53. The van der Waals surface area contributed by atoms with Crippen molar-refractivity contribution >= 4 is 35.5 Å². The van der Waals surface area contributed by atoms with Crippen LogP contribution in [0.2, 0.25) is 0 Å². The third-order valence-electron chi connectivity index (χ3n) is 10.2. The summed E-state index contributed by atoms with van der Waals surface area (Å²) < 4.78 is 12.2. The lowest BCUT2D eigenvalue weighted by atomic mass is 9.57. The average Bonchev–Trinajstić information content (AvgIpc) is 3.42. The molecule has 2 bridgehead atoms. The van der Waals surface area contributed by atoms with Crippen LogP contribution >= 0.6 is 0 Å². The van der Waals surface area contributed by atoms with Crippen molar-refractivity contribution in [3.05, 3.63) is 29.3 Å². The second-order valence-corrected chi connectivity index (χ2v) is 12.6. The number of hydrogen-bond donors (Lipinski definition) is 2. The van der Waals surface area contributed by atoms with Crippen LogP contribution in [-0.4, -0.2) is 57.9 Å². The Balaban J connectivity index is 1.51. The first kappa shape index (κ1) is 22.8. The van der Waals surface area contributed by atoms with E-state index in [1.54, 1.807) is 4.90 Å². The molecule has 0 unspecified atom stereocenters. The van der Waals surface area contributed by atoms with Gasteiger partial charge in [0.1, 0.15) is 22.3 Å². The standard InChI is InChI=1S/C28H31N3O6/c1-14(32)36-20-27(16-7-8-17-15(19(16)29-22(27)34)9-11-24(2,3)37-17)25(4,5)18-13-26-10-6-12-31(26)23(35)28(18,20)30-21(26)33/h7-9,11,18,20H,6,10,12-13H2,1-5H3,(H,29,34)(H,30,33)/t18-,20+,26+,27+,28-/m1/s1. The van der Waals surface area contributed by atoms with Crippen molar-refractivity contribution < 1.29 is 28.7 Å². The van der Waals surface area contributed by atoms with E-state index in [2.05, 4.69) is 10.6 Å². The van der Waals surface area contributed by atoms with Crippen molar-refractivity contribution in [2.75, 3.05) is 11.9 Å². The van der Waals surface area contributed by atoms with Gasteiger partial charge in [-0.2, -0.15) is 0 Å². The molecular formula is C28H31N3O6. The molecule has 0 radical (unpaired) electrons. The van der Waals surface area contributed by atoms with Gasteiger partial charge >= 0.3 is 5.97 Å². The van der Waals surface area contributed by atoms with E-state index in [-0.39, 0.29) is 17.7 Å². The number of esters is 1. The molecule has 9 heteroatoms. The molecule has 37 heavy (non-hydrogen) atoms. The van der Waals surface area contributed by atoms with Gasteiger partial charge in [-0.1, -0.05) is 19.9 Å². The topological polar surface area (TPSA) is 114 Å². The van der Waals surface area contributed by atoms with Crippen molar-refractivity contribution in [2.45, 2.75) is 82.1 Å². The fraction of sp³-hybridized carbons (Fsp3) is 0.571. The van der Waals surface area contributed by atoms with Crippen molar-refractivity contribution in [1.82, 2.24) is 10.2 Å². The fourth-order valence-corrected chi connectivity index (χ4v) is 8.67. The molecule has 7 aliphatic rings. The fourth-order valence-electron chi connectivity index (χ4n) is 8.67. The first-order chi connectivity index (χ1) is 17.3. The normalized spacial score (nSPS) is 38.9. The van der Waals surface area contributed by atoms with E-state index in [4.69, 9.17) is 9.47 Å². The Kier molecular flexibility index (Phi) is 3.92. The third-order valence-corrected chi connectivity index (χ3v) is 10.2. The number of nitrogens with zero attached hydrogens (tertiary/aromatic N) is 1. The number of benzene rings is 1. The van der Waals surface area contributed by atoms with Crippen molar-refractivity contribution in [3.8, 4) is 5.75 Å². The van der Waals surface area contributed by atoms with Gasteiger partial charge in [-0.25, -0.2) is 0 Å². The zero-order valence-electron chi connectivity index (χ0n) is 21.7. The maximum Gasteiger partial charge on any atom is 0.303 e. The lowest BCUT2D eigenvalue weighted by Gasteiger charge is -2.59. The molecule has 4 saturated heterocycles. The van der Waals surface area contributed by atoms with Gasteiger partial charge < -0.3 is 25.0 Å². The van der Waals surface area contributed by atoms with Crippen LogP contribution in [0.4, 0.5) is 5.69 Å². The molecule has 1 aromatic rings. The molecule has 0 aromatic heterocycles. The second kappa shape index (κ2) is 6.37. The number of ether oxygens (including phenoxy) is 2. The van der Waals surface area contributed by atoms with Crippen LogP contribution in [0.25, 0.3) is 6.08 Å². The molecule has 3 spiro atoms. The summed E-state index contributed by atoms with van der Waals surface area (Å²) in [6.45, 7) is 9.62. The number of anilines is 1. The molecule has 2 N–H and O–H groups in total. The number of rotatable bonds is 1. The maximum atomic E-state index is 14.3. The predicted molar refractivity (Wildman–Crippen MR) is 132 cm³/mol. The van der Waals surface area contributed by atoms with Gasteiger partial charge in [0, 0.05) is 24.9 Å². The molecule has 3 amide bonds. The largest absolute Gasteiger partial charge is 0.483 e. The first-order valence-corrected chi connectivity index (χ1v) is 13.0. The zero-order valence-corrected chi connectivity index (χ0v) is 21.7. The highest BCUT2D eigenvalue weighted by Gasteiger charge is 2.86. The maximum absolute atomic E-state index is 14.3. The summed E-state index contributed by atoms with van der Waals surface area (Å²) in [6, 6.07) is 3.70. The highest BCUT2D eigenvalue weighted by Crippen LogP contribution is 2.71. The molecule has 5 fully saturated rings. The molecule has 8 rings (SSSR count). The summed E-state index contributed by atoms with van der Waals surface area (Å²) in [5, 5.41) is 6.15. The number of fused-ring (bicyclic) bond motifs is 5. The smallest absolute Gasteiger partial charge is 0.303 e. The Labute approximate surface area is 214 Å². The van der Waals surface area contributed by atoms with Gasteiger partial charge in [-0.3, -0.25) is 19.2 Å². The molecular weight excluding hydrogens is 474 g/mol. The van der Waals surface area contributed by atoms with Gasteiger partial charge in [0.25, 0.3) is 5.91 Å². The van der Waals surface area contributed by atoms with Gasteiger partial charge in [-0.15, -0.1) is 0 Å². The van der Waals surface area contributed by atoms with E-state index in [0.717, 1.165) is 12.0 Å². The molecule has 194 valence electrons. The van der Waals surface area contributed by atoms with Crippen LogP contribution in [0.1, 0.15) is 65.0 Å². The van der Waals surface area contributed by atoms with E-state index in [1.165, 1.54) is 6.92 Å². The van der Waals surface area contributed by atoms with Crippen LogP contribution in [-0.2, 0) is 29.3 Å². The summed E-state index contributed by atoms with van der Waals surface area (Å²) in [4.78, 5) is 56.5. The minimum Gasteiger partial charge on any atom is -0.483 e. The summed E-state index contributed by atoms with van der Waals surface area (Å²) in [5.41, 5.74) is -3.18. The summed E-state index contributed by atoms with van der Waals surface area (Å²) in [5.74, 6) is -1.18. The second-order valence-electron chi connectivity index (χ2n) is 12.6. The SMILES string of the molecule is CC(=O)O[C@@H]1[C@@]23NC(=O)[C@]4(CCCN4C2=O)C[C@@H]3C(C)(C)[C@]12C(=O)Nc1c2ccc2c1C=CC(C)(C)O2. The van der Waals surface area contributed by atoms with Crippen LogP contribution in [0.5, 0.6) is 5.75 Å². The Hall–Kier alpha value is -3.36. The molecule has 5 atom stereocenters. The Bertz CT molecular complexity index is 1380. The average molecular weight is 506 g/mol. The number of hydrogen-bond acceptors (Lipinski definition) is 6. The molecule has 6 heterocycles. The van der Waals surface area contributed by atoms with E-state index < -0.39 is 45.5 Å². The Morgan fingerprint density at radius 1 is 1.14 bits per heavy atom. The van der Waals surface area contributed by atoms with Crippen LogP contribution in [0.3, 0.4) is 0 Å². The highest BCUT2D eigenvalue weighted by atomic mass is 16.5. The number of carbonyl (C=O) groups excluding carboxylic acids is 4. The van der Waals surface area contributed by atoms with Gasteiger partial charge in [0.15, 0.2) is 11.6 Å². The summed E-state index contributed by atoms with van der Waals surface area (Å²) in [6.07, 6.45) is 4.43. The van der Waals surface area contributed by atoms with Gasteiger partial charge in [0.2, 0.25) is 11.8 Å². The molecule has 1 aromatic carbocycles. The monoisotopic (exact) mass is 505 g/mol. The lowest BCUT2D eigenvalue weighted by molar-refractivity contribution is -0.185. The summed E-state index contributed by atoms with van der Waals surface area (Å²) >= 11 is 0. The van der Waals surface area contributed by atoms with Crippen molar-refractivity contribution in [3.63, 3.8) is 0 Å². The number of piperidine rings is 2. The molecule has 1 aliphatic carbocycles. The predicted octanol–water partition coefficient (Wildman–Crippen LogP) is 2.28. The molecule has 6 aliphatic heterocycles. The third kappa shape index (κ3) is 2.25. The lowest BCUT2D eigenvalue weighted by Crippen LogP contribution is -2.84. The quantitative estimate of drug-likeness (QED) is 0.566. The van der Waals surface area contributed by atoms with Crippen LogP contribution in [0.15, 0.2) is 18.2 Å². The van der Waals surface area contributed by atoms with Crippen LogP contribution in [0, 0.1) is 11.3 Å². The number of piperazine rings is 1. The summed E-state index contributed by atoms with van der Waals surface area (Å²) in [7, 11) is 0. The minimum absolute atomic E-state index is 0.214. The molecule has 9 nitrogen and oxygen atoms in total. The molecule has 1 saturated carbocycles. The number of nitrogens with one attached hydrogen (secondary N) is 2. The number of amides is 3. The van der Waals surface area contributed by atoms with E-state index >= 15 is 0 Å². The van der Waals surface area contributed by atoms with E-state index in [1.807, 2.05) is 52.0 Å². The van der Waals surface area contributed by atoms with E-state index in [9.17, 15) is 19.2 Å². The number of carbonyl (C=O) groups is 4. The van der Waals surface area contributed by atoms with Gasteiger partial charge in [-0.05, 0) is 62.3 Å². The van der Waals surface area contributed by atoms with Crippen molar-refractivity contribution in [2.24, 2.45) is 11.3 Å². The Morgan fingerprint density at radius 3 is 2.62 bits per heavy atom. The zero-order chi connectivity index (χ0) is 26.3. The van der Waals surface area contributed by atoms with E-state index in [0.29, 0.717) is 36.4 Å². The first-order valence-electron chi connectivity index (χ1n) is 13.0. The highest BCUT2D eigenvalue weighted by molar-refractivity contribution is 6.14. The van der Waals surface area contributed by atoms with Crippen molar-refractivity contribution in [1.29, 1.82) is 0 Å².